The number of aryl methyl sites for hydroxylation is 1. The standard InChI is InChI=1S/C21H22N2O3/c1-14-16(17-5-3-4-6-18(17)23-14)11-12-22-21(25)10-8-15-7-9-20(26-2)19(24)13-15/h3-10,13,23-24H,11-12H2,1-2H3,(H,22,25). The van der Waals surface area contributed by atoms with Crippen LogP contribution in [0, 0.1) is 6.92 Å². The van der Waals surface area contributed by atoms with E-state index in [0.717, 1.165) is 23.2 Å². The minimum Gasteiger partial charge on any atom is -0.504 e. The van der Waals surface area contributed by atoms with Gasteiger partial charge in [0, 0.05) is 29.2 Å². The molecule has 0 aliphatic heterocycles. The number of phenolic OH excluding ortho intramolecular Hbond substituents is 1. The van der Waals surface area contributed by atoms with Crippen LogP contribution >= 0.6 is 0 Å². The highest BCUT2D eigenvalue weighted by Crippen LogP contribution is 2.26. The Morgan fingerprint density at radius 1 is 1.27 bits per heavy atom. The van der Waals surface area contributed by atoms with E-state index in [2.05, 4.69) is 22.4 Å². The van der Waals surface area contributed by atoms with Gasteiger partial charge in [0.25, 0.3) is 0 Å². The Balaban J connectivity index is 1.57. The Morgan fingerprint density at radius 2 is 2.08 bits per heavy atom. The van der Waals surface area contributed by atoms with Crippen LogP contribution in [0.25, 0.3) is 17.0 Å². The maximum Gasteiger partial charge on any atom is 0.244 e. The number of hydrogen-bond acceptors (Lipinski definition) is 3. The molecule has 0 fully saturated rings. The van der Waals surface area contributed by atoms with Crippen LogP contribution in [-0.4, -0.2) is 29.7 Å². The molecule has 1 amide bonds. The number of aromatic amines is 1. The molecule has 134 valence electrons. The molecule has 0 aliphatic rings. The second kappa shape index (κ2) is 7.78. The van der Waals surface area contributed by atoms with Gasteiger partial charge in [-0.1, -0.05) is 24.3 Å². The lowest BCUT2D eigenvalue weighted by Crippen LogP contribution is -2.23. The average Bonchev–Trinajstić information content (AvgIpc) is 2.95. The predicted octanol–water partition coefficient (Wildman–Crippen LogP) is 3.56. The van der Waals surface area contributed by atoms with E-state index in [4.69, 9.17) is 4.74 Å². The quantitative estimate of drug-likeness (QED) is 0.595. The molecule has 5 heteroatoms. The van der Waals surface area contributed by atoms with E-state index < -0.39 is 0 Å². The Bertz CT molecular complexity index is 957. The van der Waals surface area contributed by atoms with Gasteiger partial charge in [0.05, 0.1) is 7.11 Å². The summed E-state index contributed by atoms with van der Waals surface area (Å²) in [6.07, 6.45) is 3.88. The van der Waals surface area contributed by atoms with Gasteiger partial charge in [0.1, 0.15) is 0 Å². The van der Waals surface area contributed by atoms with Gasteiger partial charge in [-0.2, -0.15) is 0 Å². The van der Waals surface area contributed by atoms with Crippen molar-refractivity contribution in [2.75, 3.05) is 13.7 Å². The Labute approximate surface area is 152 Å². The molecular formula is C21H22N2O3. The molecule has 0 atom stereocenters. The molecule has 1 heterocycles. The number of H-pyrrole nitrogens is 1. The topological polar surface area (TPSA) is 74.3 Å². The number of nitrogens with one attached hydrogen (secondary N) is 2. The number of ether oxygens (including phenoxy) is 1. The van der Waals surface area contributed by atoms with Crippen molar-refractivity contribution < 1.29 is 14.6 Å². The lowest BCUT2D eigenvalue weighted by molar-refractivity contribution is -0.116. The Kier molecular flexibility index (Phi) is 5.27. The molecule has 0 bridgehead atoms. The third kappa shape index (κ3) is 3.88. The number of benzene rings is 2. The number of aromatic nitrogens is 1. The van der Waals surface area contributed by atoms with Gasteiger partial charge in [-0.15, -0.1) is 0 Å². The van der Waals surface area contributed by atoms with Gasteiger partial charge in [0.2, 0.25) is 5.91 Å². The van der Waals surface area contributed by atoms with Crippen LogP contribution in [0.4, 0.5) is 0 Å². The molecule has 1 aromatic heterocycles. The number of para-hydroxylation sites is 1. The summed E-state index contributed by atoms with van der Waals surface area (Å²) in [6, 6.07) is 13.2. The minimum atomic E-state index is -0.169. The zero-order chi connectivity index (χ0) is 18.5. The average molecular weight is 350 g/mol. The Morgan fingerprint density at radius 3 is 2.85 bits per heavy atom. The number of rotatable bonds is 6. The zero-order valence-corrected chi connectivity index (χ0v) is 14.9. The van der Waals surface area contributed by atoms with Crippen LogP contribution in [0.5, 0.6) is 11.5 Å². The van der Waals surface area contributed by atoms with Crippen LogP contribution < -0.4 is 10.1 Å². The monoisotopic (exact) mass is 350 g/mol. The first-order chi connectivity index (χ1) is 12.6. The lowest BCUT2D eigenvalue weighted by atomic mass is 10.1. The van der Waals surface area contributed by atoms with E-state index in [1.165, 1.54) is 24.1 Å². The van der Waals surface area contributed by atoms with Gasteiger partial charge in [-0.25, -0.2) is 0 Å². The van der Waals surface area contributed by atoms with E-state index in [1.807, 2.05) is 19.1 Å². The van der Waals surface area contributed by atoms with Crippen molar-refractivity contribution in [3.63, 3.8) is 0 Å². The van der Waals surface area contributed by atoms with Crippen molar-refractivity contribution in [2.24, 2.45) is 0 Å². The largest absolute Gasteiger partial charge is 0.504 e. The molecule has 0 unspecified atom stereocenters. The number of amides is 1. The molecule has 0 spiro atoms. The van der Waals surface area contributed by atoms with Gasteiger partial charge in [-0.3, -0.25) is 4.79 Å². The second-order valence-electron chi connectivity index (χ2n) is 6.08. The normalized spacial score (nSPS) is 11.2. The van der Waals surface area contributed by atoms with E-state index in [0.29, 0.717) is 12.3 Å². The van der Waals surface area contributed by atoms with E-state index >= 15 is 0 Å². The van der Waals surface area contributed by atoms with Gasteiger partial charge in [-0.05, 0) is 48.7 Å². The zero-order valence-electron chi connectivity index (χ0n) is 14.9. The van der Waals surface area contributed by atoms with Gasteiger partial charge in [0.15, 0.2) is 11.5 Å². The molecular weight excluding hydrogens is 328 g/mol. The van der Waals surface area contributed by atoms with Gasteiger partial charge < -0.3 is 20.1 Å². The third-order valence-electron chi connectivity index (χ3n) is 4.33. The van der Waals surface area contributed by atoms with Crippen LogP contribution in [0.2, 0.25) is 0 Å². The van der Waals surface area contributed by atoms with Crippen molar-refractivity contribution in [3.05, 3.63) is 65.4 Å². The van der Waals surface area contributed by atoms with Crippen LogP contribution in [-0.2, 0) is 11.2 Å². The predicted molar refractivity (Wildman–Crippen MR) is 103 cm³/mol. The minimum absolute atomic E-state index is 0.0462. The smallest absolute Gasteiger partial charge is 0.244 e. The first-order valence-corrected chi connectivity index (χ1v) is 8.47. The maximum atomic E-state index is 12.0. The molecule has 26 heavy (non-hydrogen) atoms. The SMILES string of the molecule is COc1ccc(C=CC(=O)NCCc2c(C)[nH]c3ccccc23)cc1O. The lowest BCUT2D eigenvalue weighted by Gasteiger charge is -2.04. The molecule has 3 N–H and O–H groups in total. The molecule has 5 nitrogen and oxygen atoms in total. The number of carbonyl (C=O) groups excluding carboxylic acids is 1. The maximum absolute atomic E-state index is 12.0. The number of carbonyl (C=O) groups is 1. The van der Waals surface area contributed by atoms with Crippen LogP contribution in [0.15, 0.2) is 48.5 Å². The van der Waals surface area contributed by atoms with Crippen molar-refractivity contribution in [2.45, 2.75) is 13.3 Å². The number of phenols is 1. The fourth-order valence-corrected chi connectivity index (χ4v) is 3.01. The molecule has 0 saturated heterocycles. The fraction of sp³-hybridized carbons (Fsp3) is 0.190. The number of hydrogen-bond donors (Lipinski definition) is 3. The number of aromatic hydroxyl groups is 1. The summed E-state index contributed by atoms with van der Waals surface area (Å²) in [4.78, 5) is 15.4. The molecule has 3 aromatic rings. The van der Waals surface area contributed by atoms with Crippen molar-refractivity contribution in [3.8, 4) is 11.5 Å². The number of fused-ring (bicyclic) bond motifs is 1. The molecule has 2 aromatic carbocycles. The summed E-state index contributed by atoms with van der Waals surface area (Å²) in [5.74, 6) is 0.281. The van der Waals surface area contributed by atoms with Crippen molar-refractivity contribution in [1.82, 2.24) is 10.3 Å². The summed E-state index contributed by atoms with van der Waals surface area (Å²) < 4.78 is 5.00. The first-order valence-electron chi connectivity index (χ1n) is 8.47. The summed E-state index contributed by atoms with van der Waals surface area (Å²) in [5.41, 5.74) is 4.20. The summed E-state index contributed by atoms with van der Waals surface area (Å²) >= 11 is 0. The molecule has 3 rings (SSSR count). The van der Waals surface area contributed by atoms with Gasteiger partial charge >= 0.3 is 0 Å². The highest BCUT2D eigenvalue weighted by molar-refractivity contribution is 5.92. The van der Waals surface area contributed by atoms with Crippen molar-refractivity contribution >= 4 is 22.9 Å². The molecule has 0 saturated carbocycles. The van der Waals surface area contributed by atoms with E-state index in [-0.39, 0.29) is 11.7 Å². The Hall–Kier alpha value is -3.21. The fourth-order valence-electron chi connectivity index (χ4n) is 3.01. The summed E-state index contributed by atoms with van der Waals surface area (Å²) in [5, 5.41) is 13.8. The summed E-state index contributed by atoms with van der Waals surface area (Å²) in [7, 11) is 1.49. The summed E-state index contributed by atoms with van der Waals surface area (Å²) in [6.45, 7) is 2.60. The molecule has 0 aliphatic carbocycles. The van der Waals surface area contributed by atoms with Crippen LogP contribution in [0.1, 0.15) is 16.8 Å². The van der Waals surface area contributed by atoms with Crippen LogP contribution in [0.3, 0.4) is 0 Å². The third-order valence-corrected chi connectivity index (χ3v) is 4.33. The van der Waals surface area contributed by atoms with E-state index in [1.54, 1.807) is 24.3 Å². The van der Waals surface area contributed by atoms with E-state index in [9.17, 15) is 9.90 Å². The second-order valence-corrected chi connectivity index (χ2v) is 6.08. The molecule has 0 radical (unpaired) electrons. The first kappa shape index (κ1) is 17.6. The number of methoxy groups -OCH3 is 1. The highest BCUT2D eigenvalue weighted by atomic mass is 16.5. The highest BCUT2D eigenvalue weighted by Gasteiger charge is 2.07. The van der Waals surface area contributed by atoms with Crippen molar-refractivity contribution in [1.29, 1.82) is 0 Å².